The Labute approximate surface area is 150 Å². The van der Waals surface area contributed by atoms with Gasteiger partial charge in [0.25, 0.3) is 0 Å². The van der Waals surface area contributed by atoms with Crippen molar-refractivity contribution in [2.75, 3.05) is 40.0 Å². The molecule has 3 heterocycles. The molecule has 25 heavy (non-hydrogen) atoms. The summed E-state index contributed by atoms with van der Waals surface area (Å²) in [4.78, 5) is 21.4. The van der Waals surface area contributed by atoms with E-state index in [1.807, 2.05) is 18.5 Å². The molecule has 138 valence electrons. The Morgan fingerprint density at radius 2 is 2.00 bits per heavy atom. The van der Waals surface area contributed by atoms with Gasteiger partial charge in [-0.3, -0.25) is 14.7 Å². The molecule has 0 atom stereocenters. The predicted molar refractivity (Wildman–Crippen MR) is 95.1 cm³/mol. The second-order valence-electron chi connectivity index (χ2n) is 6.95. The summed E-state index contributed by atoms with van der Waals surface area (Å²) < 4.78 is 10.6. The molecule has 0 N–H and O–H groups in total. The molecule has 0 aliphatic carbocycles. The molecule has 1 amide bonds. The number of likely N-dealkylation sites (tertiary alicyclic amines) is 1. The summed E-state index contributed by atoms with van der Waals surface area (Å²) in [7, 11) is 1.59. The van der Waals surface area contributed by atoms with Gasteiger partial charge in [-0.15, -0.1) is 0 Å². The third-order valence-electron chi connectivity index (χ3n) is 5.22. The van der Waals surface area contributed by atoms with Crippen molar-refractivity contribution < 1.29 is 14.3 Å². The molecule has 3 rings (SSSR count). The fraction of sp³-hybridized carbons (Fsp3) is 0.684. The van der Waals surface area contributed by atoms with Crippen molar-refractivity contribution in [3.05, 3.63) is 30.1 Å². The van der Waals surface area contributed by atoms with E-state index in [2.05, 4.69) is 20.9 Å². The largest absolute Gasteiger partial charge is 0.381 e. The average molecular weight is 347 g/mol. The van der Waals surface area contributed by atoms with Crippen molar-refractivity contribution >= 4 is 5.91 Å². The van der Waals surface area contributed by atoms with Crippen molar-refractivity contribution in [1.29, 1.82) is 0 Å². The van der Waals surface area contributed by atoms with Gasteiger partial charge in [-0.25, -0.2) is 0 Å². The molecule has 0 aromatic carbocycles. The number of aromatic nitrogens is 1. The van der Waals surface area contributed by atoms with E-state index in [1.54, 1.807) is 7.11 Å². The van der Waals surface area contributed by atoms with Gasteiger partial charge in [0, 0.05) is 64.4 Å². The van der Waals surface area contributed by atoms with E-state index in [4.69, 9.17) is 9.47 Å². The Morgan fingerprint density at radius 3 is 2.64 bits per heavy atom. The molecular formula is C19H29N3O3. The number of nitrogens with zero attached hydrogens (tertiary/aromatic N) is 3. The highest BCUT2D eigenvalue weighted by Gasteiger charge is 2.33. The average Bonchev–Trinajstić information content (AvgIpc) is 2.65. The van der Waals surface area contributed by atoms with Crippen molar-refractivity contribution in [1.82, 2.24) is 14.8 Å². The van der Waals surface area contributed by atoms with Crippen LogP contribution in [0.3, 0.4) is 0 Å². The minimum Gasteiger partial charge on any atom is -0.381 e. The number of hydrogen-bond donors (Lipinski definition) is 0. The molecule has 2 aliphatic rings. The first-order valence-electron chi connectivity index (χ1n) is 9.27. The number of hydrogen-bond acceptors (Lipinski definition) is 5. The standard InChI is InChI=1S/C19H29N3O3/c1-24-15-19(23)22(18-6-11-25-12-7-18)17-4-9-21(10-5-17)14-16-3-2-8-20-13-16/h2-3,8,13,17-18H,4-7,9-12,14-15H2,1H3. The zero-order chi connectivity index (χ0) is 17.5. The van der Waals surface area contributed by atoms with Gasteiger partial charge in [0.15, 0.2) is 0 Å². The number of rotatable bonds is 6. The summed E-state index contributed by atoms with van der Waals surface area (Å²) in [6.07, 6.45) is 7.66. The maximum Gasteiger partial charge on any atom is 0.249 e. The van der Waals surface area contributed by atoms with Gasteiger partial charge in [0.2, 0.25) is 5.91 Å². The molecule has 2 fully saturated rings. The third-order valence-corrected chi connectivity index (χ3v) is 5.22. The van der Waals surface area contributed by atoms with E-state index in [0.29, 0.717) is 12.1 Å². The lowest BCUT2D eigenvalue weighted by Crippen LogP contribution is -2.54. The molecule has 6 heteroatoms. The number of ether oxygens (including phenoxy) is 2. The molecule has 0 radical (unpaired) electrons. The lowest BCUT2D eigenvalue weighted by Gasteiger charge is -2.43. The quantitative estimate of drug-likeness (QED) is 0.784. The summed E-state index contributed by atoms with van der Waals surface area (Å²) >= 11 is 0. The van der Waals surface area contributed by atoms with Gasteiger partial charge in [-0.05, 0) is 37.3 Å². The SMILES string of the molecule is COCC(=O)N(C1CCOCC1)C1CCN(Cc2cccnc2)CC1. The lowest BCUT2D eigenvalue weighted by molar-refractivity contribution is -0.144. The summed E-state index contributed by atoms with van der Waals surface area (Å²) in [5.41, 5.74) is 1.25. The first-order chi connectivity index (χ1) is 12.3. The predicted octanol–water partition coefficient (Wildman–Crippen LogP) is 1.70. The molecule has 1 aromatic rings. The van der Waals surface area contributed by atoms with E-state index in [0.717, 1.165) is 58.5 Å². The highest BCUT2D eigenvalue weighted by Crippen LogP contribution is 2.24. The Hall–Kier alpha value is -1.50. The molecule has 6 nitrogen and oxygen atoms in total. The number of amides is 1. The Balaban J connectivity index is 1.58. The Bertz CT molecular complexity index is 526. The highest BCUT2D eigenvalue weighted by molar-refractivity contribution is 5.78. The summed E-state index contributed by atoms with van der Waals surface area (Å²) in [6, 6.07) is 4.72. The minimum atomic E-state index is 0.125. The van der Waals surface area contributed by atoms with Crippen molar-refractivity contribution in [3.63, 3.8) is 0 Å². The number of carbonyl (C=O) groups is 1. The van der Waals surface area contributed by atoms with Crippen LogP contribution < -0.4 is 0 Å². The third kappa shape index (κ3) is 5.00. The van der Waals surface area contributed by atoms with Crippen molar-refractivity contribution in [3.8, 4) is 0 Å². The first kappa shape index (κ1) is 18.3. The van der Waals surface area contributed by atoms with Crippen LogP contribution in [0.2, 0.25) is 0 Å². The minimum absolute atomic E-state index is 0.125. The molecular weight excluding hydrogens is 318 g/mol. The van der Waals surface area contributed by atoms with Gasteiger partial charge >= 0.3 is 0 Å². The summed E-state index contributed by atoms with van der Waals surface area (Å²) in [5.74, 6) is 0.125. The normalized spacial score (nSPS) is 20.5. The highest BCUT2D eigenvalue weighted by atomic mass is 16.5. The lowest BCUT2D eigenvalue weighted by atomic mass is 9.97. The van der Waals surface area contributed by atoms with Gasteiger partial charge < -0.3 is 14.4 Å². The molecule has 2 aliphatic heterocycles. The van der Waals surface area contributed by atoms with Crippen molar-refractivity contribution in [2.45, 2.75) is 44.3 Å². The van der Waals surface area contributed by atoms with Crippen LogP contribution in [0.1, 0.15) is 31.2 Å². The van der Waals surface area contributed by atoms with E-state index in [9.17, 15) is 4.79 Å². The number of pyridine rings is 1. The smallest absolute Gasteiger partial charge is 0.249 e. The number of piperidine rings is 1. The van der Waals surface area contributed by atoms with Crippen LogP contribution >= 0.6 is 0 Å². The zero-order valence-electron chi connectivity index (χ0n) is 15.1. The molecule has 2 saturated heterocycles. The maximum absolute atomic E-state index is 12.7. The molecule has 0 unspecified atom stereocenters. The van der Waals surface area contributed by atoms with Gasteiger partial charge in [0.1, 0.15) is 6.61 Å². The Morgan fingerprint density at radius 1 is 1.28 bits per heavy atom. The van der Waals surface area contributed by atoms with E-state index in [1.165, 1.54) is 5.56 Å². The van der Waals surface area contributed by atoms with Crippen LogP contribution in [0.15, 0.2) is 24.5 Å². The fourth-order valence-electron chi connectivity index (χ4n) is 3.97. The summed E-state index contributed by atoms with van der Waals surface area (Å²) in [6.45, 7) is 4.64. The molecule has 1 aromatic heterocycles. The molecule has 0 spiro atoms. The van der Waals surface area contributed by atoms with Gasteiger partial charge in [-0.1, -0.05) is 6.07 Å². The zero-order valence-corrected chi connectivity index (χ0v) is 15.1. The monoisotopic (exact) mass is 347 g/mol. The molecule has 0 bridgehead atoms. The number of carbonyl (C=O) groups excluding carboxylic acids is 1. The van der Waals surface area contributed by atoms with E-state index in [-0.39, 0.29) is 12.5 Å². The van der Waals surface area contributed by atoms with Crippen LogP contribution in [0.4, 0.5) is 0 Å². The summed E-state index contributed by atoms with van der Waals surface area (Å²) in [5, 5.41) is 0. The van der Waals surface area contributed by atoms with Gasteiger partial charge in [0.05, 0.1) is 0 Å². The fourth-order valence-corrected chi connectivity index (χ4v) is 3.97. The second kappa shape index (κ2) is 9.27. The molecule has 0 saturated carbocycles. The second-order valence-corrected chi connectivity index (χ2v) is 6.95. The van der Waals surface area contributed by atoms with Crippen molar-refractivity contribution in [2.24, 2.45) is 0 Å². The Kier molecular flexibility index (Phi) is 6.78. The number of methoxy groups -OCH3 is 1. The van der Waals surface area contributed by atoms with Crippen LogP contribution in [-0.4, -0.2) is 72.8 Å². The van der Waals surface area contributed by atoms with Crippen LogP contribution in [0, 0.1) is 0 Å². The van der Waals surface area contributed by atoms with Crippen LogP contribution in [0.5, 0.6) is 0 Å². The first-order valence-corrected chi connectivity index (χ1v) is 9.27. The van der Waals surface area contributed by atoms with E-state index >= 15 is 0 Å². The topological polar surface area (TPSA) is 54.9 Å². The van der Waals surface area contributed by atoms with E-state index < -0.39 is 0 Å². The van der Waals surface area contributed by atoms with Crippen LogP contribution in [-0.2, 0) is 20.8 Å². The van der Waals surface area contributed by atoms with Gasteiger partial charge in [-0.2, -0.15) is 0 Å². The van der Waals surface area contributed by atoms with Crippen LogP contribution in [0.25, 0.3) is 0 Å². The maximum atomic E-state index is 12.7.